The van der Waals surface area contributed by atoms with Crippen LogP contribution in [0.15, 0.2) is 12.7 Å². The molecule has 0 aromatic heterocycles. The van der Waals surface area contributed by atoms with Gasteiger partial charge in [-0.25, -0.2) is 9.78 Å². The minimum atomic E-state index is -0.866. The highest BCUT2D eigenvalue weighted by Crippen LogP contribution is 1.84. The second-order valence-corrected chi connectivity index (χ2v) is 1.27. The zero-order chi connectivity index (χ0) is 6.41. The Morgan fingerprint density at radius 2 is 2.50 bits per heavy atom. The summed E-state index contributed by atoms with van der Waals surface area (Å²) in [7, 11) is 0. The molecular formula is C5H10O3. The van der Waals surface area contributed by atoms with Crippen molar-refractivity contribution in [2.24, 2.45) is 0 Å². The van der Waals surface area contributed by atoms with Gasteiger partial charge in [0.25, 0.3) is 0 Å². The standard InChI is InChI=1S/C5H10O3/c1-3-4-7-8-5(2)6/h3,5-6H,1,4H2,2H3. The summed E-state index contributed by atoms with van der Waals surface area (Å²) in [6, 6.07) is 0. The molecule has 8 heavy (non-hydrogen) atoms. The van der Waals surface area contributed by atoms with E-state index in [1.165, 1.54) is 13.0 Å². The van der Waals surface area contributed by atoms with Crippen LogP contribution < -0.4 is 0 Å². The van der Waals surface area contributed by atoms with Gasteiger partial charge in [0.15, 0.2) is 6.29 Å². The Balaban J connectivity index is 2.81. The van der Waals surface area contributed by atoms with Gasteiger partial charge in [0.2, 0.25) is 0 Å². The Hall–Kier alpha value is -0.380. The molecule has 0 aliphatic rings. The molecule has 0 spiro atoms. The molecule has 3 nitrogen and oxygen atoms in total. The fourth-order valence-corrected chi connectivity index (χ4v) is 0.186. The van der Waals surface area contributed by atoms with Crippen LogP contribution in [0.4, 0.5) is 0 Å². The van der Waals surface area contributed by atoms with Gasteiger partial charge in [0.05, 0.1) is 0 Å². The van der Waals surface area contributed by atoms with E-state index in [0.717, 1.165) is 0 Å². The maximum Gasteiger partial charge on any atom is 0.185 e. The molecular weight excluding hydrogens is 108 g/mol. The maximum atomic E-state index is 8.40. The maximum absolute atomic E-state index is 8.40. The third kappa shape index (κ3) is 5.62. The Kier molecular flexibility index (Phi) is 4.54. The van der Waals surface area contributed by atoms with E-state index < -0.39 is 6.29 Å². The summed E-state index contributed by atoms with van der Waals surface area (Å²) in [5.74, 6) is 0. The predicted octanol–water partition coefficient (Wildman–Crippen LogP) is 0.459. The summed E-state index contributed by atoms with van der Waals surface area (Å²) in [6.45, 7) is 5.13. The van der Waals surface area contributed by atoms with Gasteiger partial charge in [-0.05, 0) is 6.92 Å². The molecule has 0 aromatic rings. The Bertz CT molecular complexity index is 60.7. The van der Waals surface area contributed by atoms with Gasteiger partial charge < -0.3 is 5.11 Å². The van der Waals surface area contributed by atoms with E-state index in [2.05, 4.69) is 16.4 Å². The van der Waals surface area contributed by atoms with E-state index in [1.807, 2.05) is 0 Å². The van der Waals surface area contributed by atoms with Gasteiger partial charge >= 0.3 is 0 Å². The van der Waals surface area contributed by atoms with Crippen LogP contribution in [0.25, 0.3) is 0 Å². The van der Waals surface area contributed by atoms with E-state index in [9.17, 15) is 0 Å². The smallest absolute Gasteiger partial charge is 0.185 e. The van der Waals surface area contributed by atoms with Crippen LogP contribution in [0.1, 0.15) is 6.92 Å². The van der Waals surface area contributed by atoms with Crippen molar-refractivity contribution in [3.05, 3.63) is 12.7 Å². The first kappa shape index (κ1) is 7.62. The first-order valence-corrected chi connectivity index (χ1v) is 2.34. The lowest BCUT2D eigenvalue weighted by Gasteiger charge is -2.01. The van der Waals surface area contributed by atoms with Crippen LogP contribution >= 0.6 is 0 Å². The number of aliphatic hydroxyl groups is 1. The predicted molar refractivity (Wildman–Crippen MR) is 28.9 cm³/mol. The lowest BCUT2D eigenvalue weighted by atomic mass is 10.7. The van der Waals surface area contributed by atoms with Gasteiger partial charge in [0, 0.05) is 0 Å². The van der Waals surface area contributed by atoms with Gasteiger partial charge in [-0.3, -0.25) is 0 Å². The van der Waals surface area contributed by atoms with Crippen LogP contribution in [-0.4, -0.2) is 18.0 Å². The zero-order valence-corrected chi connectivity index (χ0v) is 4.83. The van der Waals surface area contributed by atoms with Crippen LogP contribution in [-0.2, 0) is 9.78 Å². The van der Waals surface area contributed by atoms with Crippen LogP contribution in [0.3, 0.4) is 0 Å². The van der Waals surface area contributed by atoms with E-state index in [0.29, 0.717) is 6.61 Å². The average Bonchev–Trinajstić information content (AvgIpc) is 1.66. The summed E-state index contributed by atoms with van der Waals surface area (Å²) in [6.07, 6.45) is 0.664. The third-order valence-electron chi connectivity index (χ3n) is 0.393. The summed E-state index contributed by atoms with van der Waals surface area (Å²) >= 11 is 0. The summed E-state index contributed by atoms with van der Waals surface area (Å²) < 4.78 is 0. The van der Waals surface area contributed by atoms with E-state index in [4.69, 9.17) is 5.11 Å². The first-order chi connectivity index (χ1) is 3.77. The zero-order valence-electron chi connectivity index (χ0n) is 4.83. The third-order valence-corrected chi connectivity index (χ3v) is 0.393. The second-order valence-electron chi connectivity index (χ2n) is 1.27. The number of rotatable bonds is 4. The average molecular weight is 118 g/mol. The van der Waals surface area contributed by atoms with E-state index >= 15 is 0 Å². The summed E-state index contributed by atoms with van der Waals surface area (Å²) in [4.78, 5) is 8.64. The van der Waals surface area contributed by atoms with Crippen molar-refractivity contribution in [3.8, 4) is 0 Å². The van der Waals surface area contributed by atoms with E-state index in [-0.39, 0.29) is 0 Å². The molecule has 0 aliphatic heterocycles. The highest BCUT2D eigenvalue weighted by Gasteiger charge is 1.90. The Morgan fingerprint density at radius 3 is 2.88 bits per heavy atom. The van der Waals surface area contributed by atoms with Crippen molar-refractivity contribution >= 4 is 0 Å². The molecule has 0 saturated heterocycles. The Morgan fingerprint density at radius 1 is 1.88 bits per heavy atom. The minimum Gasteiger partial charge on any atom is -0.366 e. The molecule has 0 radical (unpaired) electrons. The number of hydrogen-bond acceptors (Lipinski definition) is 3. The molecule has 0 fully saturated rings. The largest absolute Gasteiger partial charge is 0.366 e. The van der Waals surface area contributed by atoms with Crippen molar-refractivity contribution in [3.63, 3.8) is 0 Å². The molecule has 0 heterocycles. The lowest BCUT2D eigenvalue weighted by Crippen LogP contribution is -2.06. The Labute approximate surface area is 48.5 Å². The molecule has 0 aromatic carbocycles. The summed E-state index contributed by atoms with van der Waals surface area (Å²) in [5.41, 5.74) is 0. The molecule has 0 amide bonds. The monoisotopic (exact) mass is 118 g/mol. The topological polar surface area (TPSA) is 38.7 Å². The van der Waals surface area contributed by atoms with Crippen molar-refractivity contribution in [2.45, 2.75) is 13.2 Å². The van der Waals surface area contributed by atoms with Crippen molar-refractivity contribution in [2.75, 3.05) is 6.61 Å². The van der Waals surface area contributed by atoms with Crippen molar-refractivity contribution in [1.82, 2.24) is 0 Å². The van der Waals surface area contributed by atoms with Crippen molar-refractivity contribution in [1.29, 1.82) is 0 Å². The van der Waals surface area contributed by atoms with Crippen LogP contribution in [0.5, 0.6) is 0 Å². The molecule has 0 rings (SSSR count). The normalized spacial score (nSPS) is 13.2. The molecule has 0 bridgehead atoms. The van der Waals surface area contributed by atoms with Gasteiger partial charge in [-0.2, -0.15) is 0 Å². The molecule has 0 aliphatic carbocycles. The summed E-state index contributed by atoms with van der Waals surface area (Å²) in [5, 5.41) is 8.40. The van der Waals surface area contributed by atoms with Crippen LogP contribution in [0, 0.1) is 0 Å². The number of hydrogen-bond donors (Lipinski definition) is 1. The lowest BCUT2D eigenvalue weighted by molar-refractivity contribution is -0.358. The molecule has 3 heteroatoms. The SMILES string of the molecule is C=CCOOC(C)O. The van der Waals surface area contributed by atoms with Gasteiger partial charge in [-0.1, -0.05) is 6.08 Å². The highest BCUT2D eigenvalue weighted by atomic mass is 17.2. The molecule has 1 atom stereocenters. The molecule has 1 N–H and O–H groups in total. The van der Waals surface area contributed by atoms with E-state index in [1.54, 1.807) is 0 Å². The van der Waals surface area contributed by atoms with Gasteiger partial charge in [-0.15, -0.1) is 6.58 Å². The fraction of sp³-hybridized carbons (Fsp3) is 0.600. The van der Waals surface area contributed by atoms with Crippen molar-refractivity contribution < 1.29 is 14.9 Å². The molecule has 48 valence electrons. The van der Waals surface area contributed by atoms with Gasteiger partial charge in [0.1, 0.15) is 6.61 Å². The second kappa shape index (κ2) is 4.77. The first-order valence-electron chi connectivity index (χ1n) is 2.34. The molecule has 1 unspecified atom stereocenters. The quantitative estimate of drug-likeness (QED) is 0.191. The van der Waals surface area contributed by atoms with Crippen LogP contribution in [0.2, 0.25) is 0 Å². The highest BCUT2D eigenvalue weighted by molar-refractivity contribution is 4.62. The number of aliphatic hydroxyl groups excluding tert-OH is 1. The fourth-order valence-electron chi connectivity index (χ4n) is 0.186. The minimum absolute atomic E-state index is 0.297. The molecule has 0 saturated carbocycles.